The molecule has 0 saturated heterocycles. The van der Waals surface area contributed by atoms with Gasteiger partial charge in [0.15, 0.2) is 9.84 Å². The molecule has 1 aromatic rings. The molecule has 1 unspecified atom stereocenters. The number of sulfone groups is 1. The number of nitrogens with one attached hydrogen (secondary N) is 1. The second kappa shape index (κ2) is 6.89. The molecule has 7 heteroatoms. The van der Waals surface area contributed by atoms with Gasteiger partial charge < -0.3 is 11.1 Å². The van der Waals surface area contributed by atoms with Crippen molar-refractivity contribution >= 4 is 27.1 Å². The summed E-state index contributed by atoms with van der Waals surface area (Å²) in [7, 11) is -3.52. The molecule has 1 atom stereocenters. The van der Waals surface area contributed by atoms with Crippen LogP contribution in [-0.4, -0.2) is 25.3 Å². The van der Waals surface area contributed by atoms with Gasteiger partial charge in [0.05, 0.1) is 17.1 Å². The second-order valence-corrected chi connectivity index (χ2v) is 7.85. The zero-order valence-electron chi connectivity index (χ0n) is 12.4. The molecule has 0 radical (unpaired) electrons. The Hall–Kier alpha value is -1.63. The summed E-state index contributed by atoms with van der Waals surface area (Å²) in [6, 6.07) is 3.51. The first-order valence-corrected chi connectivity index (χ1v) is 8.42. The molecule has 118 valence electrons. The molecule has 0 saturated carbocycles. The van der Waals surface area contributed by atoms with Crippen LogP contribution in [-0.2, 0) is 14.6 Å². The maximum atomic E-state index is 12.9. The Bertz CT molecular complexity index is 615. The number of amides is 1. The molecule has 0 spiro atoms. The van der Waals surface area contributed by atoms with Gasteiger partial charge in [-0.05, 0) is 37.5 Å². The smallest absolute Gasteiger partial charge is 0.242 e. The van der Waals surface area contributed by atoms with Crippen molar-refractivity contribution in [2.24, 2.45) is 5.92 Å². The summed E-state index contributed by atoms with van der Waals surface area (Å²) in [5.74, 6) is -0.999. The van der Waals surface area contributed by atoms with Gasteiger partial charge in [-0.3, -0.25) is 4.79 Å². The van der Waals surface area contributed by atoms with Crippen molar-refractivity contribution in [1.82, 2.24) is 0 Å². The fourth-order valence-electron chi connectivity index (χ4n) is 1.62. The molecule has 0 bridgehead atoms. The zero-order chi connectivity index (χ0) is 16.2. The number of nitrogen functional groups attached to an aromatic ring is 1. The largest absolute Gasteiger partial charge is 0.397 e. The van der Waals surface area contributed by atoms with Crippen molar-refractivity contribution in [3.8, 4) is 0 Å². The molecule has 5 nitrogen and oxygen atoms in total. The Balaban J connectivity index is 2.78. The summed E-state index contributed by atoms with van der Waals surface area (Å²) in [5.41, 5.74) is 5.83. The fourth-order valence-corrected chi connectivity index (χ4v) is 3.16. The van der Waals surface area contributed by atoms with Gasteiger partial charge in [0.1, 0.15) is 11.1 Å². The number of hydrogen-bond donors (Lipinski definition) is 2. The summed E-state index contributed by atoms with van der Waals surface area (Å²) in [6.45, 7) is 5.17. The highest BCUT2D eigenvalue weighted by molar-refractivity contribution is 7.92. The monoisotopic (exact) mass is 316 g/mol. The van der Waals surface area contributed by atoms with Crippen LogP contribution in [0.5, 0.6) is 0 Å². The Morgan fingerprint density at radius 1 is 1.33 bits per heavy atom. The number of rotatable bonds is 6. The van der Waals surface area contributed by atoms with Crippen LogP contribution in [0, 0.1) is 11.7 Å². The summed E-state index contributed by atoms with van der Waals surface area (Å²) in [6.07, 6.45) is 0.499. The van der Waals surface area contributed by atoms with Gasteiger partial charge in [-0.15, -0.1) is 0 Å². The van der Waals surface area contributed by atoms with Crippen molar-refractivity contribution in [1.29, 1.82) is 0 Å². The number of benzene rings is 1. The second-order valence-electron chi connectivity index (χ2n) is 5.41. The highest BCUT2D eigenvalue weighted by Crippen LogP contribution is 2.20. The van der Waals surface area contributed by atoms with Crippen LogP contribution in [0.1, 0.15) is 27.2 Å². The van der Waals surface area contributed by atoms with E-state index in [0.717, 1.165) is 12.1 Å². The van der Waals surface area contributed by atoms with Crippen LogP contribution in [0.25, 0.3) is 0 Å². The number of carbonyl (C=O) groups is 1. The topological polar surface area (TPSA) is 89.3 Å². The average Bonchev–Trinajstić information content (AvgIpc) is 2.38. The van der Waals surface area contributed by atoms with Gasteiger partial charge in [0.2, 0.25) is 5.91 Å². The van der Waals surface area contributed by atoms with Crippen LogP contribution in [0.4, 0.5) is 15.8 Å². The lowest BCUT2D eigenvalue weighted by Gasteiger charge is -2.15. The normalized spacial score (nSPS) is 13.2. The Morgan fingerprint density at radius 3 is 2.48 bits per heavy atom. The van der Waals surface area contributed by atoms with E-state index in [1.807, 2.05) is 13.8 Å². The Kier molecular flexibility index (Phi) is 5.71. The van der Waals surface area contributed by atoms with E-state index in [9.17, 15) is 17.6 Å². The van der Waals surface area contributed by atoms with Crippen molar-refractivity contribution < 1.29 is 17.6 Å². The minimum Gasteiger partial charge on any atom is -0.397 e. The Labute approximate surface area is 124 Å². The van der Waals surface area contributed by atoms with Crippen molar-refractivity contribution in [3.63, 3.8) is 0 Å². The molecular formula is C14H21FN2O3S. The summed E-state index contributed by atoms with van der Waals surface area (Å²) in [4.78, 5) is 12.0. The SMILES string of the molecule is CC(C)CCS(=O)(=O)C(C)C(=O)Nc1ccc(F)cc1N. The summed E-state index contributed by atoms with van der Waals surface area (Å²) < 4.78 is 37.0. The van der Waals surface area contributed by atoms with E-state index < -0.39 is 26.8 Å². The van der Waals surface area contributed by atoms with E-state index in [1.165, 1.54) is 13.0 Å². The predicted molar refractivity (Wildman–Crippen MR) is 82.1 cm³/mol. The number of anilines is 2. The molecule has 0 aliphatic rings. The zero-order valence-corrected chi connectivity index (χ0v) is 13.2. The first-order valence-electron chi connectivity index (χ1n) is 6.71. The molecular weight excluding hydrogens is 295 g/mol. The number of halogens is 1. The Morgan fingerprint density at radius 2 is 1.95 bits per heavy atom. The first kappa shape index (κ1) is 17.4. The van der Waals surface area contributed by atoms with Crippen LogP contribution < -0.4 is 11.1 Å². The van der Waals surface area contributed by atoms with E-state index in [0.29, 0.717) is 6.42 Å². The molecule has 0 aliphatic carbocycles. The third kappa shape index (κ3) is 5.00. The van der Waals surface area contributed by atoms with Crippen molar-refractivity contribution in [3.05, 3.63) is 24.0 Å². The number of nitrogens with two attached hydrogens (primary N) is 1. The maximum Gasteiger partial charge on any atom is 0.242 e. The van der Waals surface area contributed by atoms with E-state index >= 15 is 0 Å². The molecule has 1 aromatic carbocycles. The van der Waals surface area contributed by atoms with Crippen LogP contribution >= 0.6 is 0 Å². The molecule has 0 aromatic heterocycles. The van der Waals surface area contributed by atoms with Crippen molar-refractivity contribution in [2.45, 2.75) is 32.4 Å². The third-order valence-electron chi connectivity index (χ3n) is 3.16. The van der Waals surface area contributed by atoms with E-state index in [2.05, 4.69) is 5.32 Å². The predicted octanol–water partition coefficient (Wildman–Crippen LogP) is 2.20. The fraction of sp³-hybridized carbons (Fsp3) is 0.500. The van der Waals surface area contributed by atoms with Crippen LogP contribution in [0.2, 0.25) is 0 Å². The molecule has 0 fully saturated rings. The quantitative estimate of drug-likeness (QED) is 0.787. The van der Waals surface area contributed by atoms with Gasteiger partial charge in [-0.2, -0.15) is 0 Å². The van der Waals surface area contributed by atoms with Crippen LogP contribution in [0.3, 0.4) is 0 Å². The van der Waals surface area contributed by atoms with Gasteiger partial charge in [0, 0.05) is 0 Å². The number of hydrogen-bond acceptors (Lipinski definition) is 4. The molecule has 3 N–H and O–H groups in total. The standard InChI is InChI=1S/C14H21FN2O3S/c1-9(2)6-7-21(19,20)10(3)14(18)17-13-5-4-11(15)8-12(13)16/h4-5,8-10H,6-7,16H2,1-3H3,(H,17,18). The van der Waals surface area contributed by atoms with Gasteiger partial charge in [-0.1, -0.05) is 13.8 Å². The van der Waals surface area contributed by atoms with Gasteiger partial charge >= 0.3 is 0 Å². The molecule has 1 rings (SSSR count). The molecule has 21 heavy (non-hydrogen) atoms. The van der Waals surface area contributed by atoms with Crippen molar-refractivity contribution in [2.75, 3.05) is 16.8 Å². The lowest BCUT2D eigenvalue weighted by molar-refractivity contribution is -0.115. The third-order valence-corrected chi connectivity index (χ3v) is 5.26. The molecule has 0 heterocycles. The summed E-state index contributed by atoms with van der Waals surface area (Å²) >= 11 is 0. The lowest BCUT2D eigenvalue weighted by atomic mass is 10.2. The molecule has 0 aliphatic heterocycles. The average molecular weight is 316 g/mol. The minimum absolute atomic E-state index is 0.0435. The highest BCUT2D eigenvalue weighted by Gasteiger charge is 2.28. The molecule has 1 amide bonds. The summed E-state index contributed by atoms with van der Waals surface area (Å²) in [5, 5.41) is 1.24. The van der Waals surface area contributed by atoms with Crippen LogP contribution in [0.15, 0.2) is 18.2 Å². The van der Waals surface area contributed by atoms with E-state index in [-0.39, 0.29) is 23.0 Å². The first-order chi connectivity index (χ1) is 9.63. The van der Waals surface area contributed by atoms with Gasteiger partial charge in [-0.25, -0.2) is 12.8 Å². The highest BCUT2D eigenvalue weighted by atomic mass is 32.2. The van der Waals surface area contributed by atoms with Gasteiger partial charge in [0.25, 0.3) is 0 Å². The lowest BCUT2D eigenvalue weighted by Crippen LogP contribution is -2.34. The van der Waals surface area contributed by atoms with E-state index in [1.54, 1.807) is 0 Å². The maximum absolute atomic E-state index is 12.9. The minimum atomic E-state index is -3.52. The van der Waals surface area contributed by atoms with E-state index in [4.69, 9.17) is 5.73 Å². The number of carbonyl (C=O) groups excluding carboxylic acids is 1.